The second-order valence-corrected chi connectivity index (χ2v) is 2.70. The molecule has 88 valence electrons. The Labute approximate surface area is 92.2 Å². The van der Waals surface area contributed by atoms with Crippen LogP contribution in [0, 0.1) is 5.92 Å². The van der Waals surface area contributed by atoms with Crippen LogP contribution in [-0.2, 0) is 23.9 Å². The van der Waals surface area contributed by atoms with Crippen LogP contribution in [0.5, 0.6) is 0 Å². The summed E-state index contributed by atoms with van der Waals surface area (Å²) >= 11 is 0. The molecule has 0 bridgehead atoms. The molecule has 0 rings (SSSR count). The van der Waals surface area contributed by atoms with Crippen LogP contribution in [0.4, 0.5) is 0 Å². The zero-order valence-electron chi connectivity index (χ0n) is 8.55. The molecule has 6 nitrogen and oxygen atoms in total. The predicted octanol–water partition coefficient (Wildman–Crippen LogP) is 0.146. The number of aliphatic carboxylic acids is 1. The third-order valence-electron chi connectivity index (χ3n) is 1.54. The minimum absolute atomic E-state index is 0.384. The van der Waals surface area contributed by atoms with Gasteiger partial charge in [-0.15, -0.1) is 0 Å². The van der Waals surface area contributed by atoms with E-state index in [0.29, 0.717) is 0 Å². The molecule has 1 N–H and O–H groups in total. The lowest BCUT2D eigenvalue weighted by molar-refractivity contribution is -0.153. The van der Waals surface area contributed by atoms with Crippen LogP contribution < -0.4 is 0 Å². The number of rotatable bonds is 7. The van der Waals surface area contributed by atoms with Gasteiger partial charge in [-0.2, -0.15) is 0 Å². The molecule has 0 atom stereocenters. The van der Waals surface area contributed by atoms with Crippen LogP contribution in [0.1, 0.15) is 0 Å². The summed E-state index contributed by atoms with van der Waals surface area (Å²) in [7, 11) is 0. The molecule has 0 aliphatic carbocycles. The van der Waals surface area contributed by atoms with E-state index < -0.39 is 23.8 Å². The SMILES string of the molecule is C=CC(=O)OCC(COC(=O)C=C)C(=O)O. The number of carbonyl (C=O) groups is 3. The Kier molecular flexibility index (Phi) is 6.27. The smallest absolute Gasteiger partial charge is 0.330 e. The van der Waals surface area contributed by atoms with Gasteiger partial charge in [-0.25, -0.2) is 9.59 Å². The van der Waals surface area contributed by atoms with Gasteiger partial charge in [0.2, 0.25) is 0 Å². The summed E-state index contributed by atoms with van der Waals surface area (Å²) < 4.78 is 9.05. The van der Waals surface area contributed by atoms with Crippen molar-refractivity contribution in [3.8, 4) is 0 Å². The van der Waals surface area contributed by atoms with Crippen molar-refractivity contribution in [2.24, 2.45) is 5.92 Å². The molecule has 0 spiro atoms. The minimum Gasteiger partial charge on any atom is -0.481 e. The summed E-state index contributed by atoms with van der Waals surface area (Å²) in [6.07, 6.45) is 1.82. The second kappa shape index (κ2) is 7.22. The highest BCUT2D eigenvalue weighted by Crippen LogP contribution is 2.00. The number of carboxylic acid groups (broad SMARTS) is 1. The number of carboxylic acids is 1. The number of esters is 2. The summed E-state index contributed by atoms with van der Waals surface area (Å²) in [6, 6.07) is 0. The lowest BCUT2D eigenvalue weighted by Gasteiger charge is -2.11. The summed E-state index contributed by atoms with van der Waals surface area (Å²) in [5.41, 5.74) is 0. The predicted molar refractivity (Wildman–Crippen MR) is 53.4 cm³/mol. The minimum atomic E-state index is -1.23. The first kappa shape index (κ1) is 13.9. The van der Waals surface area contributed by atoms with Gasteiger partial charge in [0.05, 0.1) is 0 Å². The van der Waals surface area contributed by atoms with Crippen molar-refractivity contribution in [2.75, 3.05) is 13.2 Å². The molecular formula is C10H12O6. The van der Waals surface area contributed by atoms with E-state index in [1.807, 2.05) is 0 Å². The highest BCUT2D eigenvalue weighted by atomic mass is 16.5. The van der Waals surface area contributed by atoms with Crippen LogP contribution in [0.2, 0.25) is 0 Å². The fraction of sp³-hybridized carbons (Fsp3) is 0.300. The Morgan fingerprint density at radius 1 is 1.06 bits per heavy atom. The summed E-state index contributed by atoms with van der Waals surface area (Å²) in [5.74, 6) is -3.80. The third kappa shape index (κ3) is 5.58. The molecular weight excluding hydrogens is 216 g/mol. The van der Waals surface area contributed by atoms with Gasteiger partial charge in [-0.3, -0.25) is 4.79 Å². The molecule has 0 radical (unpaired) electrons. The van der Waals surface area contributed by atoms with E-state index in [9.17, 15) is 14.4 Å². The third-order valence-corrected chi connectivity index (χ3v) is 1.54. The largest absolute Gasteiger partial charge is 0.481 e. The van der Waals surface area contributed by atoms with Crippen molar-refractivity contribution in [2.45, 2.75) is 0 Å². The summed E-state index contributed by atoms with van der Waals surface area (Å²) in [4.78, 5) is 32.0. The quantitative estimate of drug-likeness (QED) is 0.492. The highest BCUT2D eigenvalue weighted by Gasteiger charge is 2.20. The molecule has 0 aromatic rings. The molecule has 0 unspecified atom stereocenters. The van der Waals surface area contributed by atoms with Crippen LogP contribution >= 0.6 is 0 Å². The van der Waals surface area contributed by atoms with Crippen LogP contribution in [0.15, 0.2) is 25.3 Å². The monoisotopic (exact) mass is 228 g/mol. The van der Waals surface area contributed by atoms with E-state index in [0.717, 1.165) is 12.2 Å². The van der Waals surface area contributed by atoms with Crippen molar-refractivity contribution in [3.63, 3.8) is 0 Å². The number of hydrogen-bond donors (Lipinski definition) is 1. The van der Waals surface area contributed by atoms with Crippen LogP contribution in [0.3, 0.4) is 0 Å². The van der Waals surface area contributed by atoms with Crippen LogP contribution in [-0.4, -0.2) is 36.2 Å². The van der Waals surface area contributed by atoms with E-state index in [1.165, 1.54) is 0 Å². The van der Waals surface area contributed by atoms with Crippen molar-refractivity contribution >= 4 is 17.9 Å². The van der Waals surface area contributed by atoms with Gasteiger partial charge < -0.3 is 14.6 Å². The number of ether oxygens (including phenoxy) is 2. The maximum Gasteiger partial charge on any atom is 0.330 e. The zero-order chi connectivity index (χ0) is 12.6. The van der Waals surface area contributed by atoms with Crippen molar-refractivity contribution < 1.29 is 29.0 Å². The molecule has 0 aromatic carbocycles. The first-order chi connectivity index (χ1) is 7.51. The Hall–Kier alpha value is -2.11. The lowest BCUT2D eigenvalue weighted by Crippen LogP contribution is -2.27. The van der Waals surface area contributed by atoms with Crippen LogP contribution in [0.25, 0.3) is 0 Å². The molecule has 0 saturated carbocycles. The summed E-state index contributed by atoms with van der Waals surface area (Å²) in [5, 5.41) is 8.71. The Morgan fingerprint density at radius 2 is 1.44 bits per heavy atom. The molecule has 0 amide bonds. The van der Waals surface area contributed by atoms with Crippen molar-refractivity contribution in [3.05, 3.63) is 25.3 Å². The Balaban J connectivity index is 4.12. The second-order valence-electron chi connectivity index (χ2n) is 2.70. The van der Waals surface area contributed by atoms with E-state index in [-0.39, 0.29) is 13.2 Å². The van der Waals surface area contributed by atoms with Gasteiger partial charge in [-0.05, 0) is 0 Å². The van der Waals surface area contributed by atoms with Gasteiger partial charge >= 0.3 is 17.9 Å². The van der Waals surface area contributed by atoms with Gasteiger partial charge in [0, 0.05) is 12.2 Å². The normalized spacial score (nSPS) is 9.31. The highest BCUT2D eigenvalue weighted by molar-refractivity contribution is 5.82. The maximum absolute atomic E-state index is 10.7. The lowest BCUT2D eigenvalue weighted by atomic mass is 10.2. The molecule has 0 saturated heterocycles. The molecule has 0 aliphatic heterocycles. The fourth-order valence-electron chi connectivity index (χ4n) is 0.674. The van der Waals surface area contributed by atoms with Crippen molar-refractivity contribution in [1.82, 2.24) is 0 Å². The first-order valence-electron chi connectivity index (χ1n) is 4.32. The first-order valence-corrected chi connectivity index (χ1v) is 4.32. The standard InChI is InChI=1S/C10H12O6/c1-3-8(11)15-5-7(10(13)14)6-16-9(12)4-2/h3-4,7H,1-2,5-6H2,(H,13,14). The fourth-order valence-corrected chi connectivity index (χ4v) is 0.674. The molecule has 0 aromatic heterocycles. The number of carbonyl (C=O) groups excluding carboxylic acids is 2. The molecule has 16 heavy (non-hydrogen) atoms. The van der Waals surface area contributed by atoms with Gasteiger partial charge in [0.1, 0.15) is 19.1 Å². The molecule has 0 fully saturated rings. The Bertz CT molecular complexity index is 282. The number of hydrogen-bond acceptors (Lipinski definition) is 5. The summed E-state index contributed by atoms with van der Waals surface area (Å²) in [6.45, 7) is 5.53. The van der Waals surface area contributed by atoms with Gasteiger partial charge in [-0.1, -0.05) is 13.2 Å². The maximum atomic E-state index is 10.7. The topological polar surface area (TPSA) is 89.9 Å². The van der Waals surface area contributed by atoms with Crippen molar-refractivity contribution in [1.29, 1.82) is 0 Å². The van der Waals surface area contributed by atoms with E-state index in [4.69, 9.17) is 5.11 Å². The molecule has 6 heteroatoms. The average Bonchev–Trinajstić information content (AvgIpc) is 2.27. The van der Waals surface area contributed by atoms with E-state index in [2.05, 4.69) is 22.6 Å². The molecule has 0 aliphatic rings. The Morgan fingerprint density at radius 3 is 1.69 bits per heavy atom. The van der Waals surface area contributed by atoms with E-state index >= 15 is 0 Å². The van der Waals surface area contributed by atoms with Gasteiger partial charge in [0.15, 0.2) is 0 Å². The van der Waals surface area contributed by atoms with Gasteiger partial charge in [0.25, 0.3) is 0 Å². The molecule has 0 heterocycles. The zero-order valence-corrected chi connectivity index (χ0v) is 8.55. The average molecular weight is 228 g/mol. The van der Waals surface area contributed by atoms with E-state index in [1.54, 1.807) is 0 Å².